The molecule has 0 saturated heterocycles. The Balaban J connectivity index is 1.86. The molecule has 4 nitrogen and oxygen atoms in total. The first kappa shape index (κ1) is 12.2. The van der Waals surface area contributed by atoms with Gasteiger partial charge in [-0.15, -0.1) is 10.2 Å². The lowest BCUT2D eigenvalue weighted by molar-refractivity contribution is 0.490. The third-order valence-corrected chi connectivity index (χ3v) is 3.97. The van der Waals surface area contributed by atoms with Crippen molar-refractivity contribution in [1.29, 1.82) is 0 Å². The van der Waals surface area contributed by atoms with Crippen molar-refractivity contribution in [1.82, 2.24) is 14.8 Å². The first-order chi connectivity index (χ1) is 9.24. The molecule has 2 aromatic rings. The van der Waals surface area contributed by atoms with Crippen LogP contribution in [-0.2, 0) is 6.42 Å². The zero-order valence-electron chi connectivity index (χ0n) is 11.3. The maximum absolute atomic E-state index is 5.72. The summed E-state index contributed by atoms with van der Waals surface area (Å²) >= 11 is 0. The van der Waals surface area contributed by atoms with E-state index in [0.717, 1.165) is 23.8 Å². The average molecular weight is 256 g/mol. The smallest absolute Gasteiger partial charge is 0.137 e. The van der Waals surface area contributed by atoms with Crippen molar-refractivity contribution in [2.24, 2.45) is 0 Å². The zero-order valence-corrected chi connectivity index (χ0v) is 11.3. The van der Waals surface area contributed by atoms with E-state index >= 15 is 0 Å². The number of benzene rings is 1. The molecule has 0 unspecified atom stereocenters. The summed E-state index contributed by atoms with van der Waals surface area (Å²) in [5, 5.41) is 8.62. The molecule has 1 saturated carbocycles. The minimum absolute atomic E-state index is 0.596. The van der Waals surface area contributed by atoms with Crippen molar-refractivity contribution < 1.29 is 0 Å². The number of aryl methyl sites for hydroxylation is 1. The van der Waals surface area contributed by atoms with E-state index in [-0.39, 0.29) is 0 Å². The lowest BCUT2D eigenvalue weighted by Crippen LogP contribution is -2.11. The van der Waals surface area contributed by atoms with Crippen molar-refractivity contribution >= 4 is 5.69 Å². The van der Waals surface area contributed by atoms with Crippen LogP contribution in [0.15, 0.2) is 24.3 Å². The van der Waals surface area contributed by atoms with Gasteiger partial charge in [0.25, 0.3) is 0 Å². The number of hydrogen-bond donors (Lipinski definition) is 1. The van der Waals surface area contributed by atoms with Gasteiger partial charge in [-0.25, -0.2) is 0 Å². The third-order valence-electron chi connectivity index (χ3n) is 3.97. The third kappa shape index (κ3) is 2.48. The van der Waals surface area contributed by atoms with Gasteiger partial charge in [0.1, 0.15) is 11.6 Å². The first-order valence-electron chi connectivity index (χ1n) is 6.99. The predicted octanol–water partition coefficient (Wildman–Crippen LogP) is 2.87. The van der Waals surface area contributed by atoms with Crippen molar-refractivity contribution in [3.8, 4) is 0 Å². The van der Waals surface area contributed by atoms with Crippen molar-refractivity contribution in [2.75, 3.05) is 5.73 Å². The second kappa shape index (κ2) is 5.03. The Morgan fingerprint density at radius 3 is 2.53 bits per heavy atom. The molecule has 19 heavy (non-hydrogen) atoms. The highest BCUT2D eigenvalue weighted by Crippen LogP contribution is 2.31. The van der Waals surface area contributed by atoms with Crippen LogP contribution in [0.1, 0.15) is 48.9 Å². The fourth-order valence-electron chi connectivity index (χ4n) is 2.99. The molecule has 0 radical (unpaired) electrons. The van der Waals surface area contributed by atoms with Crippen LogP contribution in [0.5, 0.6) is 0 Å². The minimum Gasteiger partial charge on any atom is -0.399 e. The quantitative estimate of drug-likeness (QED) is 0.859. The molecule has 0 spiro atoms. The fourth-order valence-corrected chi connectivity index (χ4v) is 2.99. The molecule has 1 fully saturated rings. The summed E-state index contributed by atoms with van der Waals surface area (Å²) in [7, 11) is 0. The number of anilines is 1. The number of nitrogens with zero attached hydrogens (tertiary/aromatic N) is 3. The molecule has 1 aromatic carbocycles. The highest BCUT2D eigenvalue weighted by Gasteiger charge is 2.22. The van der Waals surface area contributed by atoms with Gasteiger partial charge in [-0.2, -0.15) is 0 Å². The Hall–Kier alpha value is -1.84. The van der Waals surface area contributed by atoms with Crippen molar-refractivity contribution in [2.45, 2.75) is 45.1 Å². The van der Waals surface area contributed by atoms with Gasteiger partial charge in [0.05, 0.1) is 0 Å². The lowest BCUT2D eigenvalue weighted by Gasteiger charge is -2.15. The SMILES string of the molecule is Cc1nnc(Cc2ccc(N)cc2)n1C1CCCC1. The lowest BCUT2D eigenvalue weighted by atomic mass is 10.1. The molecule has 1 aliphatic rings. The molecule has 0 aliphatic heterocycles. The van der Waals surface area contributed by atoms with Crippen LogP contribution in [0.2, 0.25) is 0 Å². The van der Waals surface area contributed by atoms with E-state index in [2.05, 4.69) is 33.8 Å². The van der Waals surface area contributed by atoms with E-state index in [1.807, 2.05) is 12.1 Å². The Morgan fingerprint density at radius 2 is 1.84 bits per heavy atom. The summed E-state index contributed by atoms with van der Waals surface area (Å²) in [5.74, 6) is 2.12. The average Bonchev–Trinajstić information content (AvgIpc) is 3.02. The Morgan fingerprint density at radius 1 is 1.16 bits per heavy atom. The van der Waals surface area contributed by atoms with Gasteiger partial charge in [0, 0.05) is 18.2 Å². The van der Waals surface area contributed by atoms with Gasteiger partial charge in [-0.05, 0) is 37.5 Å². The van der Waals surface area contributed by atoms with Crippen molar-refractivity contribution in [3.05, 3.63) is 41.5 Å². The van der Waals surface area contributed by atoms with Gasteiger partial charge < -0.3 is 10.3 Å². The highest BCUT2D eigenvalue weighted by atomic mass is 15.3. The molecule has 3 rings (SSSR count). The first-order valence-corrected chi connectivity index (χ1v) is 6.99. The fraction of sp³-hybridized carbons (Fsp3) is 0.467. The Kier molecular flexibility index (Phi) is 3.23. The largest absolute Gasteiger partial charge is 0.399 e. The summed E-state index contributed by atoms with van der Waals surface area (Å²) < 4.78 is 2.34. The minimum atomic E-state index is 0.596. The molecule has 1 heterocycles. The van der Waals surface area contributed by atoms with Gasteiger partial charge in [0.2, 0.25) is 0 Å². The van der Waals surface area contributed by atoms with E-state index in [4.69, 9.17) is 5.73 Å². The summed E-state index contributed by atoms with van der Waals surface area (Å²) in [6.45, 7) is 2.05. The van der Waals surface area contributed by atoms with E-state index in [0.29, 0.717) is 6.04 Å². The van der Waals surface area contributed by atoms with Gasteiger partial charge in [-0.1, -0.05) is 25.0 Å². The summed E-state index contributed by atoms with van der Waals surface area (Å²) in [6.07, 6.45) is 5.99. The molecule has 4 heteroatoms. The van der Waals surface area contributed by atoms with Gasteiger partial charge in [0.15, 0.2) is 0 Å². The topological polar surface area (TPSA) is 56.7 Å². The monoisotopic (exact) mass is 256 g/mol. The molecular weight excluding hydrogens is 236 g/mol. The second-order valence-corrected chi connectivity index (χ2v) is 5.39. The van der Waals surface area contributed by atoms with Crippen LogP contribution in [0.3, 0.4) is 0 Å². The number of rotatable bonds is 3. The number of aromatic nitrogens is 3. The summed E-state index contributed by atoms with van der Waals surface area (Å²) in [6, 6.07) is 8.62. The Bertz CT molecular complexity index is 550. The predicted molar refractivity (Wildman–Crippen MR) is 75.9 cm³/mol. The molecule has 1 aromatic heterocycles. The number of nitrogens with two attached hydrogens (primary N) is 1. The van der Waals surface area contributed by atoms with E-state index in [9.17, 15) is 0 Å². The summed E-state index contributed by atoms with van der Waals surface area (Å²) in [5.41, 5.74) is 7.76. The van der Waals surface area contributed by atoms with Crippen LogP contribution in [0.25, 0.3) is 0 Å². The molecule has 0 bridgehead atoms. The van der Waals surface area contributed by atoms with Crippen LogP contribution in [0.4, 0.5) is 5.69 Å². The van der Waals surface area contributed by atoms with Crippen molar-refractivity contribution in [3.63, 3.8) is 0 Å². The maximum Gasteiger partial charge on any atom is 0.137 e. The van der Waals surface area contributed by atoms with E-state index in [1.165, 1.54) is 31.2 Å². The zero-order chi connectivity index (χ0) is 13.2. The molecule has 2 N–H and O–H groups in total. The molecule has 0 amide bonds. The van der Waals surface area contributed by atoms with E-state index in [1.54, 1.807) is 0 Å². The number of hydrogen-bond acceptors (Lipinski definition) is 3. The summed E-state index contributed by atoms with van der Waals surface area (Å²) in [4.78, 5) is 0. The standard InChI is InChI=1S/C15H20N4/c1-11-17-18-15(19(11)14-4-2-3-5-14)10-12-6-8-13(16)9-7-12/h6-9,14H,2-5,10,16H2,1H3. The molecular formula is C15H20N4. The second-order valence-electron chi connectivity index (χ2n) is 5.39. The molecule has 100 valence electrons. The van der Waals surface area contributed by atoms with Crippen LogP contribution < -0.4 is 5.73 Å². The van der Waals surface area contributed by atoms with Crippen LogP contribution >= 0.6 is 0 Å². The molecule has 1 aliphatic carbocycles. The van der Waals surface area contributed by atoms with Crippen LogP contribution in [0, 0.1) is 6.92 Å². The molecule has 0 atom stereocenters. The maximum atomic E-state index is 5.72. The normalized spacial score (nSPS) is 16.1. The highest BCUT2D eigenvalue weighted by molar-refractivity contribution is 5.39. The Labute approximate surface area is 113 Å². The number of nitrogen functional groups attached to an aromatic ring is 1. The van der Waals surface area contributed by atoms with Gasteiger partial charge in [-0.3, -0.25) is 0 Å². The van der Waals surface area contributed by atoms with E-state index < -0.39 is 0 Å². The van der Waals surface area contributed by atoms with Gasteiger partial charge >= 0.3 is 0 Å². The van der Waals surface area contributed by atoms with Crippen LogP contribution in [-0.4, -0.2) is 14.8 Å².